The maximum atomic E-state index is 13.3. The first kappa shape index (κ1) is 13.9. The first-order valence-electron chi connectivity index (χ1n) is 5.85. The average Bonchev–Trinajstić information content (AvgIpc) is 2.81. The van der Waals surface area contributed by atoms with Crippen molar-refractivity contribution in [2.24, 2.45) is 0 Å². The van der Waals surface area contributed by atoms with Gasteiger partial charge in [-0.2, -0.15) is 0 Å². The highest BCUT2D eigenvalue weighted by Gasteiger charge is 2.12. The highest BCUT2D eigenvalue weighted by atomic mass is 35.5. The van der Waals surface area contributed by atoms with Crippen molar-refractivity contribution in [2.75, 3.05) is 5.32 Å². The smallest absolute Gasteiger partial charge is 0.257 e. The quantitative estimate of drug-likeness (QED) is 0.755. The van der Waals surface area contributed by atoms with Gasteiger partial charge in [0, 0.05) is 5.56 Å². The van der Waals surface area contributed by atoms with E-state index in [2.05, 4.69) is 10.3 Å². The number of benzene rings is 2. The lowest BCUT2D eigenvalue weighted by Crippen LogP contribution is -2.11. The summed E-state index contributed by atoms with van der Waals surface area (Å²) in [6, 6.07) is 7.80. The van der Waals surface area contributed by atoms with Crippen molar-refractivity contribution in [1.82, 2.24) is 4.98 Å². The van der Waals surface area contributed by atoms with E-state index in [4.69, 9.17) is 11.6 Å². The molecule has 3 nitrogen and oxygen atoms in total. The largest absolute Gasteiger partial charge is 0.298 e. The second-order valence-electron chi connectivity index (χ2n) is 4.21. The molecule has 1 heterocycles. The number of nitrogens with one attached hydrogen (secondary N) is 1. The molecule has 0 aliphatic rings. The fraction of sp³-hybridized carbons (Fsp3) is 0. The SMILES string of the molecule is O=C(Nc1nc2cc(Cl)c(F)cc2s1)c1ccc(F)cc1. The zero-order valence-electron chi connectivity index (χ0n) is 10.4. The molecule has 3 aromatic rings. The van der Waals surface area contributed by atoms with Crippen LogP contribution in [0.5, 0.6) is 0 Å². The Bertz CT molecular complexity index is 794. The number of carbonyl (C=O) groups is 1. The Labute approximate surface area is 127 Å². The zero-order chi connectivity index (χ0) is 15.0. The number of hydrogen-bond donors (Lipinski definition) is 1. The van der Waals surface area contributed by atoms with Crippen LogP contribution < -0.4 is 5.32 Å². The summed E-state index contributed by atoms with van der Waals surface area (Å²) in [6.07, 6.45) is 0. The van der Waals surface area contributed by atoms with Gasteiger partial charge in [0.15, 0.2) is 5.13 Å². The number of carbonyl (C=O) groups excluding carboxylic acids is 1. The van der Waals surface area contributed by atoms with E-state index in [1.165, 1.54) is 36.4 Å². The number of anilines is 1. The molecule has 3 rings (SSSR count). The summed E-state index contributed by atoms with van der Waals surface area (Å²) in [7, 11) is 0. The van der Waals surface area contributed by atoms with E-state index in [-0.39, 0.29) is 5.02 Å². The van der Waals surface area contributed by atoms with Crippen LogP contribution in [-0.2, 0) is 0 Å². The van der Waals surface area contributed by atoms with E-state index >= 15 is 0 Å². The Morgan fingerprint density at radius 3 is 2.62 bits per heavy atom. The molecule has 21 heavy (non-hydrogen) atoms. The fourth-order valence-electron chi connectivity index (χ4n) is 1.75. The van der Waals surface area contributed by atoms with Crippen molar-refractivity contribution in [2.45, 2.75) is 0 Å². The number of hydrogen-bond acceptors (Lipinski definition) is 3. The molecule has 0 aliphatic heterocycles. The molecule has 1 N–H and O–H groups in total. The number of amides is 1. The Morgan fingerprint density at radius 1 is 1.19 bits per heavy atom. The summed E-state index contributed by atoms with van der Waals surface area (Å²) >= 11 is 6.81. The van der Waals surface area contributed by atoms with Crippen LogP contribution in [0.2, 0.25) is 5.02 Å². The number of aromatic nitrogens is 1. The van der Waals surface area contributed by atoms with Gasteiger partial charge in [-0.25, -0.2) is 13.8 Å². The minimum Gasteiger partial charge on any atom is -0.298 e. The molecule has 0 spiro atoms. The second-order valence-corrected chi connectivity index (χ2v) is 5.65. The molecule has 0 atom stereocenters. The molecular formula is C14H7ClF2N2OS. The van der Waals surface area contributed by atoms with Gasteiger partial charge in [-0.3, -0.25) is 10.1 Å². The molecule has 106 valence electrons. The number of thiazole rings is 1. The normalized spacial score (nSPS) is 10.8. The Kier molecular flexibility index (Phi) is 3.57. The lowest BCUT2D eigenvalue weighted by Gasteiger charge is -2.00. The lowest BCUT2D eigenvalue weighted by molar-refractivity contribution is 0.102. The van der Waals surface area contributed by atoms with E-state index in [0.717, 1.165) is 11.3 Å². The molecule has 0 saturated heterocycles. The van der Waals surface area contributed by atoms with Crippen molar-refractivity contribution in [1.29, 1.82) is 0 Å². The van der Waals surface area contributed by atoms with Crippen LogP contribution in [-0.4, -0.2) is 10.9 Å². The van der Waals surface area contributed by atoms with Gasteiger partial charge in [0.05, 0.1) is 15.2 Å². The first-order valence-corrected chi connectivity index (χ1v) is 7.05. The maximum absolute atomic E-state index is 13.3. The average molecular weight is 325 g/mol. The second kappa shape index (κ2) is 5.38. The van der Waals surface area contributed by atoms with Gasteiger partial charge in [0.25, 0.3) is 5.91 Å². The summed E-state index contributed by atoms with van der Waals surface area (Å²) in [5.74, 6) is -1.37. The predicted octanol–water partition coefficient (Wildman–Crippen LogP) is 4.48. The van der Waals surface area contributed by atoms with E-state index in [9.17, 15) is 13.6 Å². The van der Waals surface area contributed by atoms with Crippen LogP contribution >= 0.6 is 22.9 Å². The van der Waals surface area contributed by atoms with E-state index < -0.39 is 17.5 Å². The summed E-state index contributed by atoms with van der Waals surface area (Å²) in [5, 5.41) is 2.88. The molecule has 2 aromatic carbocycles. The third-order valence-electron chi connectivity index (χ3n) is 2.76. The highest BCUT2D eigenvalue weighted by molar-refractivity contribution is 7.22. The standard InChI is InChI=1S/C14H7ClF2N2OS/c15-9-5-11-12(6-10(9)17)21-14(18-11)19-13(20)7-1-3-8(16)4-2-7/h1-6H,(H,18,19,20). The summed E-state index contributed by atoms with van der Waals surface area (Å²) in [5.41, 5.74) is 0.806. The molecular weight excluding hydrogens is 318 g/mol. The summed E-state index contributed by atoms with van der Waals surface area (Å²) < 4.78 is 26.7. The van der Waals surface area contributed by atoms with Crippen LogP contribution in [0.15, 0.2) is 36.4 Å². The fourth-order valence-corrected chi connectivity index (χ4v) is 2.77. The van der Waals surface area contributed by atoms with Crippen LogP contribution in [0.25, 0.3) is 10.2 Å². The van der Waals surface area contributed by atoms with Crippen LogP contribution in [0, 0.1) is 11.6 Å². The predicted molar refractivity (Wildman–Crippen MR) is 78.9 cm³/mol. The van der Waals surface area contributed by atoms with Gasteiger partial charge in [0.2, 0.25) is 0 Å². The van der Waals surface area contributed by atoms with Gasteiger partial charge in [0.1, 0.15) is 11.6 Å². The van der Waals surface area contributed by atoms with Crippen molar-refractivity contribution in [3.05, 3.63) is 58.6 Å². The summed E-state index contributed by atoms with van der Waals surface area (Å²) in [6.45, 7) is 0. The first-order chi connectivity index (χ1) is 10.0. The Balaban J connectivity index is 1.87. The molecule has 0 radical (unpaired) electrons. The number of nitrogens with zero attached hydrogens (tertiary/aromatic N) is 1. The molecule has 0 aliphatic carbocycles. The molecule has 7 heteroatoms. The van der Waals surface area contributed by atoms with E-state index in [1.807, 2.05) is 0 Å². The summed E-state index contributed by atoms with van der Waals surface area (Å²) in [4.78, 5) is 16.1. The van der Waals surface area contributed by atoms with Crippen LogP contribution in [0.1, 0.15) is 10.4 Å². The molecule has 0 fully saturated rings. The number of fused-ring (bicyclic) bond motifs is 1. The molecule has 0 bridgehead atoms. The number of halogens is 3. The van der Waals surface area contributed by atoms with Crippen molar-refractivity contribution >= 4 is 44.2 Å². The maximum Gasteiger partial charge on any atom is 0.257 e. The molecule has 1 amide bonds. The lowest BCUT2D eigenvalue weighted by atomic mass is 10.2. The molecule has 1 aromatic heterocycles. The van der Waals surface area contributed by atoms with Crippen molar-refractivity contribution < 1.29 is 13.6 Å². The number of rotatable bonds is 2. The van der Waals surface area contributed by atoms with Gasteiger partial charge >= 0.3 is 0 Å². The topological polar surface area (TPSA) is 42.0 Å². The van der Waals surface area contributed by atoms with Gasteiger partial charge in [-0.05, 0) is 36.4 Å². The van der Waals surface area contributed by atoms with Crippen molar-refractivity contribution in [3.8, 4) is 0 Å². The molecule has 0 unspecified atom stereocenters. The monoisotopic (exact) mass is 324 g/mol. The Hall–Kier alpha value is -2.05. The molecule has 0 saturated carbocycles. The zero-order valence-corrected chi connectivity index (χ0v) is 11.9. The highest BCUT2D eigenvalue weighted by Crippen LogP contribution is 2.30. The van der Waals surface area contributed by atoms with E-state index in [0.29, 0.717) is 20.9 Å². The Morgan fingerprint density at radius 2 is 1.90 bits per heavy atom. The van der Waals surface area contributed by atoms with Gasteiger partial charge < -0.3 is 0 Å². The third kappa shape index (κ3) is 2.86. The van der Waals surface area contributed by atoms with Crippen LogP contribution in [0.3, 0.4) is 0 Å². The van der Waals surface area contributed by atoms with E-state index in [1.54, 1.807) is 0 Å². The van der Waals surface area contributed by atoms with Crippen molar-refractivity contribution in [3.63, 3.8) is 0 Å². The third-order valence-corrected chi connectivity index (χ3v) is 3.98. The minimum absolute atomic E-state index is 0.0239. The van der Waals surface area contributed by atoms with Gasteiger partial charge in [-0.1, -0.05) is 22.9 Å². The minimum atomic E-state index is -0.538. The van der Waals surface area contributed by atoms with Gasteiger partial charge in [-0.15, -0.1) is 0 Å². The van der Waals surface area contributed by atoms with Crippen LogP contribution in [0.4, 0.5) is 13.9 Å².